The van der Waals surface area contributed by atoms with Crippen molar-refractivity contribution in [1.82, 2.24) is 15.1 Å². The van der Waals surface area contributed by atoms with Crippen LogP contribution in [0.3, 0.4) is 0 Å². The van der Waals surface area contributed by atoms with Gasteiger partial charge in [0.05, 0.1) is 5.69 Å². The maximum atomic E-state index is 11.1. The minimum absolute atomic E-state index is 0.267. The van der Waals surface area contributed by atoms with Crippen molar-refractivity contribution in [2.75, 3.05) is 25.4 Å². The predicted molar refractivity (Wildman–Crippen MR) is 63.4 cm³/mol. The maximum Gasteiger partial charge on any atom is 0.287 e. The zero-order valence-corrected chi connectivity index (χ0v) is 9.57. The van der Waals surface area contributed by atoms with Crippen LogP contribution in [0.5, 0.6) is 0 Å². The van der Waals surface area contributed by atoms with Gasteiger partial charge in [0.2, 0.25) is 0 Å². The molecule has 3 N–H and O–H groups in total. The molecule has 88 valence electrons. The summed E-state index contributed by atoms with van der Waals surface area (Å²) in [5, 5.41) is 6.52. The highest BCUT2D eigenvalue weighted by Gasteiger charge is 2.21. The lowest BCUT2D eigenvalue weighted by Crippen LogP contribution is -2.33. The van der Waals surface area contributed by atoms with Crippen LogP contribution in [0.1, 0.15) is 31.4 Å². The van der Waals surface area contributed by atoms with Gasteiger partial charge in [-0.1, -0.05) is 6.92 Å². The van der Waals surface area contributed by atoms with Gasteiger partial charge in [0.25, 0.3) is 5.56 Å². The molecule has 1 fully saturated rings. The topological polar surface area (TPSA) is 75.0 Å². The summed E-state index contributed by atoms with van der Waals surface area (Å²) in [6.45, 7) is 5.48. The molecule has 0 atom stereocenters. The van der Waals surface area contributed by atoms with Crippen LogP contribution in [0.4, 0.5) is 5.69 Å². The molecule has 0 unspecified atom stereocenters. The van der Waals surface area contributed by atoms with Crippen LogP contribution in [0, 0.1) is 0 Å². The van der Waals surface area contributed by atoms with Gasteiger partial charge in [0.1, 0.15) is 5.69 Å². The van der Waals surface area contributed by atoms with Crippen molar-refractivity contribution in [3.63, 3.8) is 0 Å². The average molecular weight is 222 g/mol. The van der Waals surface area contributed by atoms with E-state index in [4.69, 9.17) is 5.73 Å². The highest BCUT2D eigenvalue weighted by molar-refractivity contribution is 5.35. The van der Waals surface area contributed by atoms with Crippen LogP contribution in [-0.2, 0) is 0 Å². The Kier molecular flexibility index (Phi) is 3.24. The lowest BCUT2D eigenvalue weighted by atomic mass is 9.93. The second kappa shape index (κ2) is 4.65. The van der Waals surface area contributed by atoms with Gasteiger partial charge < -0.3 is 10.6 Å². The maximum absolute atomic E-state index is 11.1. The molecular weight excluding hydrogens is 204 g/mol. The largest absolute Gasteiger partial charge is 0.394 e. The summed E-state index contributed by atoms with van der Waals surface area (Å²) >= 11 is 0. The van der Waals surface area contributed by atoms with Crippen LogP contribution in [-0.4, -0.2) is 34.7 Å². The van der Waals surface area contributed by atoms with Crippen LogP contribution < -0.4 is 11.3 Å². The third kappa shape index (κ3) is 2.24. The van der Waals surface area contributed by atoms with Crippen molar-refractivity contribution in [1.29, 1.82) is 0 Å². The number of hydrogen-bond acceptors (Lipinski definition) is 4. The van der Waals surface area contributed by atoms with Crippen molar-refractivity contribution < 1.29 is 0 Å². The first kappa shape index (κ1) is 11.1. The highest BCUT2D eigenvalue weighted by atomic mass is 16.1. The average Bonchev–Trinajstić information content (AvgIpc) is 2.33. The number of nitrogens with zero attached hydrogens (tertiary/aromatic N) is 2. The third-order valence-electron chi connectivity index (χ3n) is 3.31. The Balaban J connectivity index is 2.08. The molecule has 1 aromatic rings. The molecule has 2 heterocycles. The lowest BCUT2D eigenvalue weighted by molar-refractivity contribution is 0.220. The van der Waals surface area contributed by atoms with Gasteiger partial charge in [-0.25, -0.2) is 5.10 Å². The number of nitrogens with two attached hydrogens (primary N) is 1. The zero-order chi connectivity index (χ0) is 11.5. The first-order chi connectivity index (χ1) is 7.70. The molecule has 0 aromatic carbocycles. The van der Waals surface area contributed by atoms with E-state index < -0.39 is 0 Å². The summed E-state index contributed by atoms with van der Waals surface area (Å²) in [5.41, 5.74) is 6.48. The van der Waals surface area contributed by atoms with Gasteiger partial charge in [-0.15, -0.1) is 0 Å². The summed E-state index contributed by atoms with van der Waals surface area (Å²) in [7, 11) is 0. The van der Waals surface area contributed by atoms with Crippen LogP contribution >= 0.6 is 0 Å². The fourth-order valence-electron chi connectivity index (χ4n) is 2.19. The van der Waals surface area contributed by atoms with Gasteiger partial charge in [-0.3, -0.25) is 4.79 Å². The smallest absolute Gasteiger partial charge is 0.287 e. The van der Waals surface area contributed by atoms with Gasteiger partial charge in [0.15, 0.2) is 0 Å². The first-order valence-corrected chi connectivity index (χ1v) is 5.78. The molecule has 1 saturated heterocycles. The Labute approximate surface area is 94.6 Å². The second-order valence-electron chi connectivity index (χ2n) is 4.29. The number of aromatic nitrogens is 2. The molecule has 1 aliphatic heterocycles. The number of likely N-dealkylation sites (tertiary alicyclic amines) is 1. The third-order valence-corrected chi connectivity index (χ3v) is 3.31. The minimum atomic E-state index is -0.297. The van der Waals surface area contributed by atoms with Gasteiger partial charge in [-0.2, -0.15) is 5.10 Å². The van der Waals surface area contributed by atoms with Crippen molar-refractivity contribution in [2.24, 2.45) is 0 Å². The molecule has 16 heavy (non-hydrogen) atoms. The summed E-state index contributed by atoms with van der Waals surface area (Å²) in [4.78, 5) is 13.5. The Morgan fingerprint density at radius 2 is 2.25 bits per heavy atom. The first-order valence-electron chi connectivity index (χ1n) is 5.78. The number of piperidine rings is 1. The van der Waals surface area contributed by atoms with E-state index in [0.717, 1.165) is 38.2 Å². The van der Waals surface area contributed by atoms with Gasteiger partial charge in [0, 0.05) is 5.92 Å². The number of anilines is 1. The summed E-state index contributed by atoms with van der Waals surface area (Å²) < 4.78 is 0. The fraction of sp³-hybridized carbons (Fsp3) is 0.636. The molecule has 0 amide bonds. The SMILES string of the molecule is CCN1CCC(c2cc(N)c(=O)[nH]n2)CC1. The summed E-state index contributed by atoms with van der Waals surface area (Å²) in [6, 6.07) is 1.71. The summed E-state index contributed by atoms with van der Waals surface area (Å²) in [6.07, 6.45) is 2.18. The van der Waals surface area contributed by atoms with E-state index in [0.29, 0.717) is 5.92 Å². The van der Waals surface area contributed by atoms with E-state index in [1.54, 1.807) is 6.07 Å². The Morgan fingerprint density at radius 1 is 1.56 bits per heavy atom. The quantitative estimate of drug-likeness (QED) is 0.766. The zero-order valence-electron chi connectivity index (χ0n) is 9.57. The number of aromatic amines is 1. The normalized spacial score (nSPS) is 18.8. The predicted octanol–water partition coefficient (Wildman–Crippen LogP) is 0.551. The number of rotatable bonds is 2. The number of nitrogen functional groups attached to an aromatic ring is 1. The molecule has 0 saturated carbocycles. The minimum Gasteiger partial charge on any atom is -0.394 e. The number of H-pyrrole nitrogens is 1. The number of nitrogens with one attached hydrogen (secondary N) is 1. The molecule has 0 radical (unpaired) electrons. The fourth-order valence-corrected chi connectivity index (χ4v) is 2.19. The Hall–Kier alpha value is -1.36. The van der Waals surface area contributed by atoms with Crippen LogP contribution in [0.15, 0.2) is 10.9 Å². The Bertz CT molecular complexity index is 407. The van der Waals surface area contributed by atoms with Crippen molar-refractivity contribution in [3.8, 4) is 0 Å². The van der Waals surface area contributed by atoms with E-state index in [-0.39, 0.29) is 11.2 Å². The van der Waals surface area contributed by atoms with Crippen LogP contribution in [0.25, 0.3) is 0 Å². The molecule has 0 aliphatic carbocycles. The van der Waals surface area contributed by atoms with Gasteiger partial charge in [-0.05, 0) is 38.5 Å². The standard InChI is InChI=1S/C11H18N4O/c1-2-15-5-3-8(4-6-15)10-7-9(12)11(16)14-13-10/h7-8H,2-6H2,1H3,(H2,12,13)(H,14,16). The van der Waals surface area contributed by atoms with E-state index in [1.165, 1.54) is 0 Å². The van der Waals surface area contributed by atoms with Crippen molar-refractivity contribution in [3.05, 3.63) is 22.1 Å². The molecule has 1 aromatic heterocycles. The molecule has 1 aliphatic rings. The Morgan fingerprint density at radius 3 is 2.81 bits per heavy atom. The van der Waals surface area contributed by atoms with Crippen molar-refractivity contribution >= 4 is 5.69 Å². The van der Waals surface area contributed by atoms with Crippen molar-refractivity contribution in [2.45, 2.75) is 25.7 Å². The van der Waals surface area contributed by atoms with E-state index in [9.17, 15) is 4.79 Å². The highest BCUT2D eigenvalue weighted by Crippen LogP contribution is 2.26. The molecule has 0 bridgehead atoms. The molecule has 5 nitrogen and oxygen atoms in total. The molecular formula is C11H18N4O. The summed E-state index contributed by atoms with van der Waals surface area (Å²) in [5.74, 6) is 0.432. The monoisotopic (exact) mass is 222 g/mol. The number of hydrogen-bond donors (Lipinski definition) is 2. The molecule has 2 rings (SSSR count). The van der Waals surface area contributed by atoms with Crippen LogP contribution in [0.2, 0.25) is 0 Å². The molecule has 0 spiro atoms. The second-order valence-corrected chi connectivity index (χ2v) is 4.29. The molecule has 5 heteroatoms. The van der Waals surface area contributed by atoms with E-state index >= 15 is 0 Å². The van der Waals surface area contributed by atoms with E-state index in [2.05, 4.69) is 22.0 Å². The van der Waals surface area contributed by atoms with Gasteiger partial charge >= 0.3 is 0 Å². The lowest BCUT2D eigenvalue weighted by Gasteiger charge is -2.30. The van der Waals surface area contributed by atoms with E-state index in [1.807, 2.05) is 0 Å².